The molecule has 0 spiro atoms. The van der Waals surface area contributed by atoms with Crippen LogP contribution in [0.3, 0.4) is 0 Å². The molecule has 0 aliphatic rings. The van der Waals surface area contributed by atoms with Gasteiger partial charge in [0.05, 0.1) is 12.3 Å². The zero-order valence-electron chi connectivity index (χ0n) is 22.8. The van der Waals surface area contributed by atoms with Crippen molar-refractivity contribution in [3.8, 4) is 0 Å². The first kappa shape index (κ1) is 34.0. The minimum Gasteiger partial charge on any atom is -0.481 e. The summed E-state index contributed by atoms with van der Waals surface area (Å²) in [6, 6.07) is 0. The standard InChI is InChI=1S/C28H50O8/c1-4-5-6-12-17-20-25(31)36-26(32)23(28(35,27(33)34)21-24(29)30)19-16-14-11-9-7-8-10-13-15-18-22(2)3/h22-23,35H,4-21H2,1-3H3,(H,29,30)(H,33,34). The summed E-state index contributed by atoms with van der Waals surface area (Å²) in [5.41, 5.74) is -2.83. The third kappa shape index (κ3) is 15.9. The Bertz CT molecular complexity index is 645. The van der Waals surface area contributed by atoms with Gasteiger partial charge in [0.15, 0.2) is 5.60 Å². The maximum atomic E-state index is 12.7. The summed E-state index contributed by atoms with van der Waals surface area (Å²) < 4.78 is 4.86. The summed E-state index contributed by atoms with van der Waals surface area (Å²) in [6.45, 7) is 6.54. The van der Waals surface area contributed by atoms with Crippen molar-refractivity contribution in [1.82, 2.24) is 0 Å². The van der Waals surface area contributed by atoms with Crippen LogP contribution in [0.5, 0.6) is 0 Å². The first-order chi connectivity index (χ1) is 17.0. The van der Waals surface area contributed by atoms with Crippen LogP contribution in [0.1, 0.15) is 136 Å². The Morgan fingerprint density at radius 2 is 1.19 bits per heavy atom. The average Bonchev–Trinajstić information content (AvgIpc) is 2.78. The molecule has 210 valence electrons. The molecule has 0 saturated carbocycles. The van der Waals surface area contributed by atoms with Crippen molar-refractivity contribution < 1.29 is 39.2 Å². The largest absolute Gasteiger partial charge is 0.481 e. The van der Waals surface area contributed by atoms with Gasteiger partial charge in [-0.2, -0.15) is 0 Å². The molecule has 0 rings (SSSR count). The lowest BCUT2D eigenvalue weighted by Crippen LogP contribution is -2.51. The minimum absolute atomic E-state index is 0.0179. The lowest BCUT2D eigenvalue weighted by atomic mass is 9.81. The number of hydrogen-bond acceptors (Lipinski definition) is 6. The van der Waals surface area contributed by atoms with Crippen molar-refractivity contribution in [1.29, 1.82) is 0 Å². The molecule has 0 aromatic rings. The molecule has 0 aromatic carbocycles. The van der Waals surface area contributed by atoms with Gasteiger partial charge in [-0.05, 0) is 18.8 Å². The minimum atomic E-state index is -2.83. The van der Waals surface area contributed by atoms with Crippen molar-refractivity contribution in [3.05, 3.63) is 0 Å². The van der Waals surface area contributed by atoms with Gasteiger partial charge in [-0.3, -0.25) is 14.4 Å². The molecule has 0 aliphatic carbocycles. The van der Waals surface area contributed by atoms with Crippen molar-refractivity contribution in [2.24, 2.45) is 11.8 Å². The number of carboxylic acid groups (broad SMARTS) is 2. The fourth-order valence-corrected chi connectivity index (χ4v) is 4.38. The van der Waals surface area contributed by atoms with Crippen LogP contribution in [-0.2, 0) is 23.9 Å². The van der Waals surface area contributed by atoms with Gasteiger partial charge in [0.25, 0.3) is 0 Å². The molecule has 3 N–H and O–H groups in total. The van der Waals surface area contributed by atoms with Crippen LogP contribution in [-0.4, -0.2) is 44.8 Å². The van der Waals surface area contributed by atoms with Gasteiger partial charge in [0.1, 0.15) is 0 Å². The number of esters is 2. The Balaban J connectivity index is 4.70. The molecule has 8 nitrogen and oxygen atoms in total. The second kappa shape index (κ2) is 20.1. The Labute approximate surface area is 217 Å². The Hall–Kier alpha value is -1.96. The number of aliphatic carboxylic acids is 2. The summed E-state index contributed by atoms with van der Waals surface area (Å²) in [6.07, 6.45) is 13.6. The van der Waals surface area contributed by atoms with Crippen LogP contribution in [0.4, 0.5) is 0 Å². The number of hydrogen-bond donors (Lipinski definition) is 3. The van der Waals surface area contributed by atoms with Crippen molar-refractivity contribution in [3.63, 3.8) is 0 Å². The molecule has 0 saturated heterocycles. The van der Waals surface area contributed by atoms with Gasteiger partial charge in [-0.25, -0.2) is 4.79 Å². The van der Waals surface area contributed by atoms with E-state index < -0.39 is 41.8 Å². The highest BCUT2D eigenvalue weighted by Crippen LogP contribution is 2.29. The van der Waals surface area contributed by atoms with E-state index in [1.54, 1.807) is 0 Å². The zero-order chi connectivity index (χ0) is 27.4. The average molecular weight is 515 g/mol. The van der Waals surface area contributed by atoms with E-state index in [0.29, 0.717) is 19.3 Å². The summed E-state index contributed by atoms with van der Waals surface area (Å²) in [5.74, 6) is -6.19. The Morgan fingerprint density at radius 3 is 1.67 bits per heavy atom. The maximum absolute atomic E-state index is 12.7. The zero-order valence-corrected chi connectivity index (χ0v) is 22.8. The smallest absolute Gasteiger partial charge is 0.337 e. The van der Waals surface area contributed by atoms with Crippen LogP contribution < -0.4 is 0 Å². The molecule has 2 unspecified atom stereocenters. The number of ether oxygens (including phenoxy) is 1. The number of rotatable bonds is 23. The van der Waals surface area contributed by atoms with Crippen molar-refractivity contribution in [2.75, 3.05) is 0 Å². The van der Waals surface area contributed by atoms with Crippen molar-refractivity contribution >= 4 is 23.9 Å². The second-order valence-corrected chi connectivity index (χ2v) is 10.5. The number of carbonyl (C=O) groups excluding carboxylic acids is 2. The van der Waals surface area contributed by atoms with Crippen LogP contribution in [0.2, 0.25) is 0 Å². The van der Waals surface area contributed by atoms with Crippen LogP contribution in [0.25, 0.3) is 0 Å². The molecule has 0 aromatic heterocycles. The van der Waals surface area contributed by atoms with E-state index in [0.717, 1.165) is 50.9 Å². The molecular weight excluding hydrogens is 464 g/mol. The van der Waals surface area contributed by atoms with Gasteiger partial charge in [0, 0.05) is 6.42 Å². The molecular formula is C28H50O8. The first-order valence-electron chi connectivity index (χ1n) is 14.0. The van der Waals surface area contributed by atoms with E-state index in [-0.39, 0.29) is 12.8 Å². The van der Waals surface area contributed by atoms with Gasteiger partial charge in [-0.1, -0.05) is 111 Å². The Kier molecular flexibility index (Phi) is 19.0. The predicted molar refractivity (Wildman–Crippen MR) is 138 cm³/mol. The number of aliphatic hydroxyl groups is 1. The lowest BCUT2D eigenvalue weighted by Gasteiger charge is -2.29. The number of carbonyl (C=O) groups is 4. The molecule has 0 bridgehead atoms. The van der Waals surface area contributed by atoms with Gasteiger partial charge in [-0.15, -0.1) is 0 Å². The molecule has 8 heteroatoms. The SMILES string of the molecule is CCCCCCCC(=O)OC(=O)C(CCCCCCCCCCCC(C)C)C(O)(CC(=O)O)C(=O)O. The van der Waals surface area contributed by atoms with E-state index in [9.17, 15) is 29.4 Å². The fourth-order valence-electron chi connectivity index (χ4n) is 4.38. The second-order valence-electron chi connectivity index (χ2n) is 10.5. The number of carboxylic acids is 2. The van der Waals surface area contributed by atoms with E-state index in [1.807, 2.05) is 0 Å². The van der Waals surface area contributed by atoms with E-state index in [4.69, 9.17) is 9.84 Å². The lowest BCUT2D eigenvalue weighted by molar-refractivity contribution is -0.184. The molecule has 0 amide bonds. The fraction of sp³-hybridized carbons (Fsp3) is 0.857. The third-order valence-corrected chi connectivity index (χ3v) is 6.63. The molecule has 0 radical (unpaired) electrons. The van der Waals surface area contributed by atoms with Crippen molar-refractivity contribution in [2.45, 2.75) is 142 Å². The first-order valence-corrected chi connectivity index (χ1v) is 14.0. The summed E-state index contributed by atoms with van der Waals surface area (Å²) in [4.78, 5) is 47.8. The highest BCUT2D eigenvalue weighted by atomic mass is 16.6. The molecule has 36 heavy (non-hydrogen) atoms. The summed E-state index contributed by atoms with van der Waals surface area (Å²) in [7, 11) is 0. The van der Waals surface area contributed by atoms with Crippen LogP contribution in [0, 0.1) is 11.8 Å². The maximum Gasteiger partial charge on any atom is 0.337 e. The molecule has 0 aliphatic heterocycles. The summed E-state index contributed by atoms with van der Waals surface area (Å²) in [5, 5.41) is 29.3. The van der Waals surface area contributed by atoms with Gasteiger partial charge >= 0.3 is 23.9 Å². The van der Waals surface area contributed by atoms with E-state index in [2.05, 4.69) is 20.8 Å². The monoisotopic (exact) mass is 514 g/mol. The topological polar surface area (TPSA) is 138 Å². The predicted octanol–water partition coefficient (Wildman–Crippen LogP) is 6.27. The van der Waals surface area contributed by atoms with E-state index in [1.165, 1.54) is 32.1 Å². The Morgan fingerprint density at radius 1 is 0.722 bits per heavy atom. The molecule has 2 atom stereocenters. The van der Waals surface area contributed by atoms with Crippen LogP contribution >= 0.6 is 0 Å². The quantitative estimate of drug-likeness (QED) is 0.0823. The highest BCUT2D eigenvalue weighted by Gasteiger charge is 2.50. The third-order valence-electron chi connectivity index (χ3n) is 6.63. The normalized spacial score (nSPS) is 13.8. The van der Waals surface area contributed by atoms with Gasteiger partial charge in [0.2, 0.25) is 0 Å². The summed E-state index contributed by atoms with van der Waals surface area (Å²) >= 11 is 0. The molecule has 0 heterocycles. The highest BCUT2D eigenvalue weighted by molar-refractivity contribution is 5.93. The van der Waals surface area contributed by atoms with Gasteiger partial charge < -0.3 is 20.1 Å². The van der Waals surface area contributed by atoms with Crippen LogP contribution in [0.15, 0.2) is 0 Å². The number of unbranched alkanes of at least 4 members (excludes halogenated alkanes) is 12. The molecule has 0 fully saturated rings. The van der Waals surface area contributed by atoms with E-state index >= 15 is 0 Å².